The zero-order valence-electron chi connectivity index (χ0n) is 11.0. The largest absolute Gasteiger partial charge is 0.398 e. The molecular formula is C12H19ClN2O3S. The first-order chi connectivity index (χ1) is 8.77. The molecule has 4 N–H and O–H groups in total. The molecule has 0 saturated carbocycles. The van der Waals surface area contributed by atoms with Crippen molar-refractivity contribution >= 4 is 27.3 Å². The summed E-state index contributed by atoms with van der Waals surface area (Å²) in [5.74, 6) is 0. The number of nitrogen functional groups attached to an aromatic ring is 1. The van der Waals surface area contributed by atoms with Crippen molar-refractivity contribution < 1.29 is 13.5 Å². The van der Waals surface area contributed by atoms with Crippen molar-refractivity contribution in [3.63, 3.8) is 0 Å². The van der Waals surface area contributed by atoms with Crippen molar-refractivity contribution in [3.8, 4) is 0 Å². The second-order valence-corrected chi connectivity index (χ2v) is 6.63. The van der Waals surface area contributed by atoms with E-state index < -0.39 is 10.0 Å². The van der Waals surface area contributed by atoms with Crippen molar-refractivity contribution in [1.82, 2.24) is 4.72 Å². The molecule has 5 nitrogen and oxygen atoms in total. The summed E-state index contributed by atoms with van der Waals surface area (Å²) in [7, 11) is -3.65. The molecule has 108 valence electrons. The molecule has 0 radical (unpaired) electrons. The molecule has 0 amide bonds. The summed E-state index contributed by atoms with van der Waals surface area (Å²) in [6, 6.07) is 2.51. The van der Waals surface area contributed by atoms with Crippen LogP contribution in [0.15, 0.2) is 17.0 Å². The highest BCUT2D eigenvalue weighted by molar-refractivity contribution is 7.89. The number of hydrogen-bond donors (Lipinski definition) is 3. The molecule has 7 heteroatoms. The Morgan fingerprint density at radius 1 is 1.47 bits per heavy atom. The number of aliphatic hydroxyl groups is 1. The van der Waals surface area contributed by atoms with Gasteiger partial charge in [0.05, 0.1) is 4.90 Å². The Morgan fingerprint density at radius 2 is 2.11 bits per heavy atom. The molecule has 0 heterocycles. The Balaban J connectivity index is 2.95. The van der Waals surface area contributed by atoms with Gasteiger partial charge in [-0.15, -0.1) is 0 Å². The van der Waals surface area contributed by atoms with Gasteiger partial charge in [-0.05, 0) is 44.4 Å². The molecule has 0 aromatic heterocycles. The maximum atomic E-state index is 12.1. The Bertz CT molecular complexity index is 523. The Kier molecular flexibility index (Phi) is 5.61. The van der Waals surface area contributed by atoms with Crippen LogP contribution in [0.4, 0.5) is 5.69 Å². The van der Waals surface area contributed by atoms with E-state index in [4.69, 9.17) is 22.4 Å². The number of benzene rings is 1. The van der Waals surface area contributed by atoms with E-state index in [1.165, 1.54) is 12.1 Å². The van der Waals surface area contributed by atoms with Gasteiger partial charge in [0.2, 0.25) is 10.0 Å². The average Bonchev–Trinajstić information content (AvgIpc) is 2.32. The van der Waals surface area contributed by atoms with Crippen LogP contribution in [0.1, 0.15) is 25.3 Å². The minimum Gasteiger partial charge on any atom is -0.398 e. The standard InChI is InChI=1S/C12H19ClN2O3S/c1-8(4-3-5-16)15-19(17,18)10-6-11(13)9(2)12(14)7-10/h6-8,15-16H,3-5,14H2,1-2H3. The molecule has 1 aromatic carbocycles. The van der Waals surface area contributed by atoms with E-state index in [9.17, 15) is 8.42 Å². The van der Waals surface area contributed by atoms with Gasteiger partial charge >= 0.3 is 0 Å². The van der Waals surface area contributed by atoms with Crippen LogP contribution in [0.2, 0.25) is 5.02 Å². The van der Waals surface area contributed by atoms with E-state index in [1.807, 2.05) is 0 Å². The summed E-state index contributed by atoms with van der Waals surface area (Å²) < 4.78 is 26.8. The molecule has 0 spiro atoms. The van der Waals surface area contributed by atoms with Gasteiger partial charge < -0.3 is 10.8 Å². The first-order valence-electron chi connectivity index (χ1n) is 5.96. The molecular weight excluding hydrogens is 288 g/mol. The van der Waals surface area contributed by atoms with Crippen molar-refractivity contribution in [2.75, 3.05) is 12.3 Å². The summed E-state index contributed by atoms with van der Waals surface area (Å²) in [5.41, 5.74) is 6.72. The summed E-state index contributed by atoms with van der Waals surface area (Å²) in [6.07, 6.45) is 1.10. The van der Waals surface area contributed by atoms with Gasteiger partial charge in [-0.1, -0.05) is 11.6 Å². The van der Waals surface area contributed by atoms with Crippen molar-refractivity contribution in [2.24, 2.45) is 0 Å². The smallest absolute Gasteiger partial charge is 0.240 e. The van der Waals surface area contributed by atoms with Crippen LogP contribution in [0.3, 0.4) is 0 Å². The SMILES string of the molecule is Cc1c(N)cc(S(=O)(=O)NC(C)CCCO)cc1Cl. The monoisotopic (exact) mass is 306 g/mol. The molecule has 0 saturated heterocycles. The number of nitrogens with two attached hydrogens (primary N) is 1. The quantitative estimate of drug-likeness (QED) is 0.697. The zero-order chi connectivity index (χ0) is 14.6. The van der Waals surface area contributed by atoms with Crippen LogP contribution >= 0.6 is 11.6 Å². The second kappa shape index (κ2) is 6.56. The zero-order valence-corrected chi connectivity index (χ0v) is 12.6. The molecule has 1 unspecified atom stereocenters. The van der Waals surface area contributed by atoms with E-state index >= 15 is 0 Å². The fourth-order valence-corrected chi connectivity index (χ4v) is 3.25. The summed E-state index contributed by atoms with van der Waals surface area (Å²) in [4.78, 5) is 0.0523. The summed E-state index contributed by atoms with van der Waals surface area (Å²) in [5, 5.41) is 9.05. The molecule has 0 aliphatic heterocycles. The minimum absolute atomic E-state index is 0.0371. The van der Waals surface area contributed by atoms with Gasteiger partial charge in [-0.2, -0.15) is 0 Å². The van der Waals surface area contributed by atoms with E-state index in [0.29, 0.717) is 29.1 Å². The highest BCUT2D eigenvalue weighted by atomic mass is 35.5. The lowest BCUT2D eigenvalue weighted by Crippen LogP contribution is -2.32. The predicted octanol–water partition coefficient (Wildman–Crippen LogP) is 1.67. The van der Waals surface area contributed by atoms with Gasteiger partial charge in [-0.25, -0.2) is 13.1 Å². The van der Waals surface area contributed by atoms with Gasteiger partial charge in [0.25, 0.3) is 0 Å². The molecule has 0 aliphatic carbocycles. The predicted molar refractivity (Wildman–Crippen MR) is 76.7 cm³/mol. The lowest BCUT2D eigenvalue weighted by molar-refractivity contribution is 0.279. The van der Waals surface area contributed by atoms with Gasteiger partial charge in [-0.3, -0.25) is 0 Å². The second-order valence-electron chi connectivity index (χ2n) is 4.51. The molecule has 0 bridgehead atoms. The van der Waals surface area contributed by atoms with Crippen molar-refractivity contribution in [3.05, 3.63) is 22.7 Å². The van der Waals surface area contributed by atoms with Crippen LogP contribution in [-0.4, -0.2) is 26.2 Å². The first-order valence-corrected chi connectivity index (χ1v) is 7.83. The van der Waals surface area contributed by atoms with Crippen LogP contribution in [-0.2, 0) is 10.0 Å². The topological polar surface area (TPSA) is 92.4 Å². The highest BCUT2D eigenvalue weighted by Crippen LogP contribution is 2.26. The first kappa shape index (κ1) is 16.2. The van der Waals surface area contributed by atoms with Crippen LogP contribution in [0.5, 0.6) is 0 Å². The fourth-order valence-electron chi connectivity index (χ4n) is 1.62. The normalized spacial score (nSPS) is 13.5. The molecule has 19 heavy (non-hydrogen) atoms. The van der Waals surface area contributed by atoms with Crippen LogP contribution in [0, 0.1) is 6.92 Å². The number of rotatable bonds is 6. The number of aliphatic hydroxyl groups excluding tert-OH is 1. The third-order valence-electron chi connectivity index (χ3n) is 2.82. The highest BCUT2D eigenvalue weighted by Gasteiger charge is 2.19. The summed E-state index contributed by atoms with van der Waals surface area (Å²) >= 11 is 5.94. The minimum atomic E-state index is -3.65. The molecule has 1 aromatic rings. The molecule has 1 atom stereocenters. The van der Waals surface area contributed by atoms with Crippen LogP contribution in [0.25, 0.3) is 0 Å². The number of sulfonamides is 1. The fraction of sp³-hybridized carbons (Fsp3) is 0.500. The number of nitrogens with one attached hydrogen (secondary N) is 1. The van der Waals surface area contributed by atoms with Crippen molar-refractivity contribution in [1.29, 1.82) is 0 Å². The lowest BCUT2D eigenvalue weighted by atomic mass is 10.2. The Hall–Kier alpha value is -0.820. The van der Waals surface area contributed by atoms with E-state index in [0.717, 1.165) is 0 Å². The van der Waals surface area contributed by atoms with Crippen molar-refractivity contribution in [2.45, 2.75) is 37.6 Å². The molecule has 1 rings (SSSR count). The van der Waals surface area contributed by atoms with Crippen LogP contribution < -0.4 is 10.5 Å². The summed E-state index contributed by atoms with van der Waals surface area (Å²) in [6.45, 7) is 3.51. The number of anilines is 1. The van der Waals surface area contributed by atoms with Gasteiger partial charge in [0.1, 0.15) is 0 Å². The van der Waals surface area contributed by atoms with E-state index in [2.05, 4.69) is 4.72 Å². The third-order valence-corrected chi connectivity index (χ3v) is 4.78. The van der Waals surface area contributed by atoms with Gasteiger partial charge in [0, 0.05) is 23.4 Å². The van der Waals surface area contributed by atoms with Gasteiger partial charge in [0.15, 0.2) is 0 Å². The Labute approximate surface area is 118 Å². The average molecular weight is 307 g/mol. The molecule has 0 aliphatic rings. The maximum absolute atomic E-state index is 12.1. The number of hydrogen-bond acceptors (Lipinski definition) is 4. The molecule has 0 fully saturated rings. The Morgan fingerprint density at radius 3 is 2.63 bits per heavy atom. The maximum Gasteiger partial charge on any atom is 0.240 e. The van der Waals surface area contributed by atoms with E-state index in [1.54, 1.807) is 13.8 Å². The third kappa shape index (κ3) is 4.35. The van der Waals surface area contributed by atoms with E-state index in [-0.39, 0.29) is 17.5 Å². The lowest BCUT2D eigenvalue weighted by Gasteiger charge is -2.15. The number of halogens is 1.